The van der Waals surface area contributed by atoms with Crippen LogP contribution in [0.2, 0.25) is 0 Å². The fourth-order valence-corrected chi connectivity index (χ4v) is 3.56. The van der Waals surface area contributed by atoms with Crippen molar-refractivity contribution in [3.8, 4) is 11.5 Å². The molecular weight excluding hydrogens is 324 g/mol. The zero-order valence-corrected chi connectivity index (χ0v) is 15.9. The molecule has 1 fully saturated rings. The predicted molar refractivity (Wildman–Crippen MR) is 107 cm³/mol. The summed E-state index contributed by atoms with van der Waals surface area (Å²) < 4.78 is 10.7. The lowest BCUT2D eigenvalue weighted by Crippen LogP contribution is -2.25. The van der Waals surface area contributed by atoms with E-state index >= 15 is 0 Å². The SMILES string of the molecule is CCN1CC(c2ccccc2)CC1=NCCc1ccc(OC)c(OC)c1. The van der Waals surface area contributed by atoms with Crippen molar-refractivity contribution in [3.63, 3.8) is 0 Å². The van der Waals surface area contributed by atoms with Gasteiger partial charge in [-0.05, 0) is 36.6 Å². The van der Waals surface area contributed by atoms with E-state index < -0.39 is 0 Å². The third-order valence-corrected chi connectivity index (χ3v) is 5.03. The number of nitrogens with zero attached hydrogens (tertiary/aromatic N) is 2. The summed E-state index contributed by atoms with van der Waals surface area (Å²) in [7, 11) is 3.33. The molecule has 0 bridgehead atoms. The molecule has 2 aromatic carbocycles. The minimum atomic E-state index is 0.552. The predicted octanol–water partition coefficient (Wildman–Crippen LogP) is 4.15. The van der Waals surface area contributed by atoms with Crippen molar-refractivity contribution < 1.29 is 9.47 Å². The summed E-state index contributed by atoms with van der Waals surface area (Å²) in [5, 5.41) is 0. The lowest BCUT2D eigenvalue weighted by molar-refractivity contribution is 0.354. The molecule has 0 aromatic heterocycles. The molecule has 0 spiro atoms. The first-order valence-electron chi connectivity index (χ1n) is 9.29. The van der Waals surface area contributed by atoms with Gasteiger partial charge in [-0.25, -0.2) is 0 Å². The first kappa shape index (κ1) is 18.3. The van der Waals surface area contributed by atoms with Crippen molar-refractivity contribution in [2.45, 2.75) is 25.7 Å². The molecule has 1 aliphatic heterocycles. The van der Waals surface area contributed by atoms with Gasteiger partial charge in [-0.2, -0.15) is 0 Å². The van der Waals surface area contributed by atoms with E-state index in [0.717, 1.165) is 44.0 Å². The van der Waals surface area contributed by atoms with Crippen molar-refractivity contribution in [2.24, 2.45) is 4.99 Å². The molecule has 26 heavy (non-hydrogen) atoms. The third kappa shape index (κ3) is 4.18. The first-order chi connectivity index (χ1) is 12.7. The summed E-state index contributed by atoms with van der Waals surface area (Å²) in [6.45, 7) is 5.08. The van der Waals surface area contributed by atoms with E-state index in [1.165, 1.54) is 17.0 Å². The van der Waals surface area contributed by atoms with E-state index in [9.17, 15) is 0 Å². The molecule has 0 aliphatic carbocycles. The molecule has 138 valence electrons. The van der Waals surface area contributed by atoms with Crippen molar-refractivity contribution in [1.82, 2.24) is 4.90 Å². The summed E-state index contributed by atoms with van der Waals surface area (Å²) in [5.74, 6) is 3.33. The maximum atomic E-state index is 5.39. The van der Waals surface area contributed by atoms with E-state index in [4.69, 9.17) is 14.5 Å². The maximum absolute atomic E-state index is 5.39. The van der Waals surface area contributed by atoms with E-state index in [1.54, 1.807) is 14.2 Å². The molecule has 0 radical (unpaired) electrons. The van der Waals surface area contributed by atoms with Crippen molar-refractivity contribution in [3.05, 3.63) is 59.7 Å². The van der Waals surface area contributed by atoms with Crippen molar-refractivity contribution >= 4 is 5.84 Å². The van der Waals surface area contributed by atoms with Gasteiger partial charge >= 0.3 is 0 Å². The molecule has 4 nitrogen and oxygen atoms in total. The molecule has 3 rings (SSSR count). The Morgan fingerprint density at radius 3 is 2.50 bits per heavy atom. The number of likely N-dealkylation sites (tertiary alicyclic amines) is 1. The van der Waals surface area contributed by atoms with Crippen LogP contribution in [0.5, 0.6) is 11.5 Å². The van der Waals surface area contributed by atoms with Crippen LogP contribution in [0, 0.1) is 0 Å². The van der Waals surface area contributed by atoms with Crippen LogP contribution in [0.3, 0.4) is 0 Å². The monoisotopic (exact) mass is 352 g/mol. The quantitative estimate of drug-likeness (QED) is 0.750. The van der Waals surface area contributed by atoms with Gasteiger partial charge in [0.1, 0.15) is 0 Å². The number of rotatable bonds is 7. The van der Waals surface area contributed by atoms with Crippen LogP contribution >= 0.6 is 0 Å². The normalized spacial score (nSPS) is 18.3. The molecule has 1 heterocycles. The van der Waals surface area contributed by atoms with E-state index in [-0.39, 0.29) is 0 Å². The van der Waals surface area contributed by atoms with Gasteiger partial charge < -0.3 is 14.4 Å². The van der Waals surface area contributed by atoms with Crippen LogP contribution in [-0.2, 0) is 6.42 Å². The van der Waals surface area contributed by atoms with Crippen LogP contribution in [-0.4, -0.2) is 44.6 Å². The molecule has 1 saturated heterocycles. The minimum absolute atomic E-state index is 0.552. The molecule has 1 aliphatic rings. The highest BCUT2D eigenvalue weighted by molar-refractivity contribution is 5.85. The van der Waals surface area contributed by atoms with Gasteiger partial charge in [0.05, 0.1) is 20.1 Å². The Morgan fingerprint density at radius 2 is 1.81 bits per heavy atom. The zero-order valence-electron chi connectivity index (χ0n) is 15.9. The maximum Gasteiger partial charge on any atom is 0.160 e. The van der Waals surface area contributed by atoms with Crippen molar-refractivity contribution in [2.75, 3.05) is 33.9 Å². The molecular formula is C22H28N2O2. The standard InChI is InChI=1S/C22H28N2O2/c1-4-24-16-19(18-8-6-5-7-9-18)15-22(24)23-13-12-17-10-11-20(25-2)21(14-17)26-3/h5-11,14,19H,4,12-13,15-16H2,1-3H3. The average molecular weight is 352 g/mol. The highest BCUT2D eigenvalue weighted by Gasteiger charge is 2.27. The Balaban J connectivity index is 1.64. The van der Waals surface area contributed by atoms with E-state index in [2.05, 4.69) is 48.2 Å². The lowest BCUT2D eigenvalue weighted by Gasteiger charge is -2.16. The number of ether oxygens (including phenoxy) is 2. The number of amidine groups is 1. The molecule has 0 saturated carbocycles. The van der Waals surface area contributed by atoms with Gasteiger partial charge in [0.25, 0.3) is 0 Å². The largest absolute Gasteiger partial charge is 0.493 e. The zero-order chi connectivity index (χ0) is 18.4. The van der Waals surface area contributed by atoms with Crippen LogP contribution in [0.4, 0.5) is 0 Å². The van der Waals surface area contributed by atoms with E-state index in [1.807, 2.05) is 12.1 Å². The van der Waals surface area contributed by atoms with Gasteiger partial charge in [0.15, 0.2) is 11.5 Å². The Kier molecular flexibility index (Phi) is 6.16. The summed E-state index contributed by atoms with van der Waals surface area (Å²) in [4.78, 5) is 7.32. The van der Waals surface area contributed by atoms with Gasteiger partial charge in [0, 0.05) is 32.0 Å². The average Bonchev–Trinajstić information content (AvgIpc) is 3.11. The van der Waals surface area contributed by atoms with Crippen LogP contribution in [0.1, 0.15) is 30.4 Å². The summed E-state index contributed by atoms with van der Waals surface area (Å²) in [6.07, 6.45) is 1.93. The summed E-state index contributed by atoms with van der Waals surface area (Å²) in [5.41, 5.74) is 2.63. The highest BCUT2D eigenvalue weighted by Crippen LogP contribution is 2.29. The summed E-state index contributed by atoms with van der Waals surface area (Å²) >= 11 is 0. The second-order valence-electron chi connectivity index (χ2n) is 6.59. The first-order valence-corrected chi connectivity index (χ1v) is 9.29. The second-order valence-corrected chi connectivity index (χ2v) is 6.59. The molecule has 1 unspecified atom stereocenters. The van der Waals surface area contributed by atoms with Gasteiger partial charge in [-0.1, -0.05) is 36.4 Å². The number of methoxy groups -OCH3 is 2. The smallest absolute Gasteiger partial charge is 0.160 e. The van der Waals surface area contributed by atoms with Crippen LogP contribution in [0.25, 0.3) is 0 Å². The van der Waals surface area contributed by atoms with Gasteiger partial charge in [0.2, 0.25) is 0 Å². The number of aliphatic imine (C=N–C) groups is 1. The fourth-order valence-electron chi connectivity index (χ4n) is 3.56. The molecule has 0 N–H and O–H groups in total. The Hall–Kier alpha value is -2.49. The molecule has 4 heteroatoms. The third-order valence-electron chi connectivity index (χ3n) is 5.03. The Morgan fingerprint density at radius 1 is 1.04 bits per heavy atom. The number of likely N-dealkylation sites (N-methyl/N-ethyl adjacent to an activating group) is 1. The molecule has 1 atom stereocenters. The highest BCUT2D eigenvalue weighted by atomic mass is 16.5. The Bertz CT molecular complexity index is 743. The van der Waals surface area contributed by atoms with Crippen LogP contribution in [0.15, 0.2) is 53.5 Å². The lowest BCUT2D eigenvalue weighted by atomic mass is 9.98. The topological polar surface area (TPSA) is 34.1 Å². The van der Waals surface area contributed by atoms with Crippen molar-refractivity contribution in [1.29, 1.82) is 0 Å². The molecule has 0 amide bonds. The van der Waals surface area contributed by atoms with Gasteiger partial charge in [-0.15, -0.1) is 0 Å². The summed E-state index contributed by atoms with van der Waals surface area (Å²) in [6, 6.07) is 16.9. The number of hydrogen-bond donors (Lipinski definition) is 0. The Labute approximate surface area is 156 Å². The van der Waals surface area contributed by atoms with Gasteiger partial charge in [-0.3, -0.25) is 4.99 Å². The van der Waals surface area contributed by atoms with Crippen LogP contribution < -0.4 is 9.47 Å². The second kappa shape index (κ2) is 8.75. The number of benzene rings is 2. The number of hydrogen-bond acceptors (Lipinski definition) is 3. The molecule has 2 aromatic rings. The fraction of sp³-hybridized carbons (Fsp3) is 0.409. The van der Waals surface area contributed by atoms with E-state index in [0.29, 0.717) is 5.92 Å². The minimum Gasteiger partial charge on any atom is -0.493 e.